The van der Waals surface area contributed by atoms with Gasteiger partial charge in [-0.2, -0.15) is 0 Å². The van der Waals surface area contributed by atoms with Gasteiger partial charge in [-0.05, 0) is 6.07 Å². The molecule has 0 amide bonds. The lowest BCUT2D eigenvalue weighted by Crippen LogP contribution is -2.44. The Bertz CT molecular complexity index is 450. The summed E-state index contributed by atoms with van der Waals surface area (Å²) >= 11 is 0. The Kier molecular flexibility index (Phi) is 5.04. The van der Waals surface area contributed by atoms with E-state index >= 15 is 0 Å². The van der Waals surface area contributed by atoms with E-state index in [1.807, 2.05) is 0 Å². The summed E-state index contributed by atoms with van der Waals surface area (Å²) in [5, 5.41) is 13.0. The number of nitrogens with one attached hydrogen (secondary N) is 1. The van der Waals surface area contributed by atoms with Crippen LogP contribution >= 0.6 is 0 Å². The van der Waals surface area contributed by atoms with Gasteiger partial charge in [-0.15, -0.1) is 0 Å². The number of hydrogen-bond donors (Lipinski definition) is 2. The van der Waals surface area contributed by atoms with Crippen molar-refractivity contribution in [2.45, 2.75) is 18.1 Å². The number of rotatable bonds is 6. The van der Waals surface area contributed by atoms with Gasteiger partial charge in [-0.25, -0.2) is 8.78 Å². The Morgan fingerprint density at radius 2 is 2.30 bits per heavy atom. The van der Waals surface area contributed by atoms with E-state index in [-0.39, 0.29) is 17.7 Å². The maximum Gasteiger partial charge on any atom is 0.131 e. The molecule has 1 saturated heterocycles. The van der Waals surface area contributed by atoms with Crippen LogP contribution in [0.25, 0.3) is 0 Å². The standard InChI is InChI=1S/C14H19F2NO3/c1-19-14(4-5-20-9-14)8-17-7-13(18)11-3-2-10(15)6-12(11)16/h2-3,6,13,17-18H,4-5,7-9H2,1H3. The fraction of sp³-hybridized carbons (Fsp3) is 0.571. The first kappa shape index (κ1) is 15.3. The lowest BCUT2D eigenvalue weighted by molar-refractivity contribution is -0.0173. The zero-order valence-corrected chi connectivity index (χ0v) is 11.4. The Morgan fingerprint density at radius 1 is 1.50 bits per heavy atom. The van der Waals surface area contributed by atoms with Crippen LogP contribution in [-0.4, -0.2) is 44.1 Å². The van der Waals surface area contributed by atoms with Gasteiger partial charge in [0.2, 0.25) is 0 Å². The molecule has 4 nitrogen and oxygen atoms in total. The number of ether oxygens (including phenoxy) is 2. The van der Waals surface area contributed by atoms with E-state index in [4.69, 9.17) is 9.47 Å². The molecule has 2 N–H and O–H groups in total. The monoisotopic (exact) mass is 287 g/mol. The number of aliphatic hydroxyl groups excluding tert-OH is 1. The zero-order valence-electron chi connectivity index (χ0n) is 11.4. The summed E-state index contributed by atoms with van der Waals surface area (Å²) < 4.78 is 37.0. The molecule has 2 rings (SSSR count). The molecule has 20 heavy (non-hydrogen) atoms. The molecular weight excluding hydrogens is 268 g/mol. The molecule has 0 spiro atoms. The van der Waals surface area contributed by atoms with Gasteiger partial charge in [0.1, 0.15) is 17.2 Å². The first-order valence-corrected chi connectivity index (χ1v) is 6.53. The van der Waals surface area contributed by atoms with Crippen LogP contribution in [0.15, 0.2) is 18.2 Å². The van der Waals surface area contributed by atoms with E-state index in [1.54, 1.807) is 7.11 Å². The lowest BCUT2D eigenvalue weighted by atomic mass is 10.0. The second-order valence-electron chi connectivity index (χ2n) is 5.00. The van der Waals surface area contributed by atoms with Crippen LogP contribution in [0.3, 0.4) is 0 Å². The van der Waals surface area contributed by atoms with Gasteiger partial charge < -0.3 is 19.9 Å². The molecule has 1 fully saturated rings. The molecule has 2 unspecified atom stereocenters. The average Bonchev–Trinajstić information content (AvgIpc) is 2.88. The summed E-state index contributed by atoms with van der Waals surface area (Å²) in [6.45, 7) is 1.80. The van der Waals surface area contributed by atoms with Crippen LogP contribution < -0.4 is 5.32 Å². The molecule has 2 atom stereocenters. The Labute approximate surface area is 116 Å². The summed E-state index contributed by atoms with van der Waals surface area (Å²) in [6.07, 6.45) is -0.260. The van der Waals surface area contributed by atoms with E-state index in [2.05, 4.69) is 5.32 Å². The summed E-state index contributed by atoms with van der Waals surface area (Å²) in [5.41, 5.74) is -0.311. The van der Waals surface area contributed by atoms with E-state index in [0.29, 0.717) is 19.8 Å². The second-order valence-corrected chi connectivity index (χ2v) is 5.00. The van der Waals surface area contributed by atoms with Crippen LogP contribution in [-0.2, 0) is 9.47 Å². The largest absolute Gasteiger partial charge is 0.387 e. The molecule has 0 aliphatic carbocycles. The lowest BCUT2D eigenvalue weighted by Gasteiger charge is -2.26. The van der Waals surface area contributed by atoms with Crippen molar-refractivity contribution < 1.29 is 23.4 Å². The molecular formula is C14H19F2NO3. The van der Waals surface area contributed by atoms with Crippen LogP contribution in [0, 0.1) is 11.6 Å². The number of aliphatic hydroxyl groups is 1. The zero-order chi connectivity index (χ0) is 14.6. The Morgan fingerprint density at radius 3 is 2.90 bits per heavy atom. The van der Waals surface area contributed by atoms with Gasteiger partial charge in [-0.3, -0.25) is 0 Å². The fourth-order valence-electron chi connectivity index (χ4n) is 2.28. The summed E-state index contributed by atoms with van der Waals surface area (Å²) in [4.78, 5) is 0. The van der Waals surface area contributed by atoms with Crippen molar-refractivity contribution in [1.29, 1.82) is 0 Å². The highest BCUT2D eigenvalue weighted by molar-refractivity contribution is 5.21. The Hall–Kier alpha value is -1.08. The SMILES string of the molecule is COC1(CNCC(O)c2ccc(F)cc2F)CCOC1. The maximum absolute atomic E-state index is 13.5. The average molecular weight is 287 g/mol. The van der Waals surface area contributed by atoms with Gasteiger partial charge in [-0.1, -0.05) is 6.07 Å². The number of benzene rings is 1. The molecule has 1 aromatic carbocycles. The van der Waals surface area contributed by atoms with Crippen molar-refractivity contribution in [3.63, 3.8) is 0 Å². The molecule has 0 saturated carbocycles. The first-order valence-electron chi connectivity index (χ1n) is 6.53. The normalized spacial score (nSPS) is 24.0. The van der Waals surface area contributed by atoms with Crippen LogP contribution in [0.2, 0.25) is 0 Å². The number of hydrogen-bond acceptors (Lipinski definition) is 4. The van der Waals surface area contributed by atoms with Crippen LogP contribution in [0.1, 0.15) is 18.1 Å². The third-order valence-corrected chi connectivity index (χ3v) is 3.61. The van der Waals surface area contributed by atoms with Crippen molar-refractivity contribution in [3.05, 3.63) is 35.4 Å². The van der Waals surface area contributed by atoms with Crippen LogP contribution in [0.4, 0.5) is 8.78 Å². The van der Waals surface area contributed by atoms with E-state index < -0.39 is 17.7 Å². The summed E-state index contributed by atoms with van der Waals surface area (Å²) in [5.74, 6) is -1.40. The molecule has 1 aliphatic heterocycles. The first-order chi connectivity index (χ1) is 9.56. The molecule has 6 heteroatoms. The smallest absolute Gasteiger partial charge is 0.131 e. The van der Waals surface area contributed by atoms with Crippen LogP contribution in [0.5, 0.6) is 0 Å². The summed E-state index contributed by atoms with van der Waals surface area (Å²) in [6, 6.07) is 3.14. The van der Waals surface area contributed by atoms with E-state index in [9.17, 15) is 13.9 Å². The quantitative estimate of drug-likeness (QED) is 0.830. The van der Waals surface area contributed by atoms with Gasteiger partial charge in [0.25, 0.3) is 0 Å². The second kappa shape index (κ2) is 6.58. The molecule has 0 radical (unpaired) electrons. The highest BCUT2D eigenvalue weighted by Crippen LogP contribution is 2.22. The molecule has 1 aromatic rings. The molecule has 1 heterocycles. The third kappa shape index (κ3) is 3.52. The minimum Gasteiger partial charge on any atom is -0.387 e. The van der Waals surface area contributed by atoms with Crippen molar-refractivity contribution >= 4 is 0 Å². The summed E-state index contributed by atoms with van der Waals surface area (Å²) in [7, 11) is 1.62. The van der Waals surface area contributed by atoms with Gasteiger partial charge >= 0.3 is 0 Å². The van der Waals surface area contributed by atoms with E-state index in [0.717, 1.165) is 18.6 Å². The fourth-order valence-corrected chi connectivity index (χ4v) is 2.28. The van der Waals surface area contributed by atoms with E-state index in [1.165, 1.54) is 6.07 Å². The van der Waals surface area contributed by atoms with Gasteiger partial charge in [0.15, 0.2) is 0 Å². The van der Waals surface area contributed by atoms with Crippen molar-refractivity contribution in [2.75, 3.05) is 33.4 Å². The highest BCUT2D eigenvalue weighted by Gasteiger charge is 2.34. The number of halogens is 2. The highest BCUT2D eigenvalue weighted by atomic mass is 19.1. The van der Waals surface area contributed by atoms with Crippen molar-refractivity contribution in [2.24, 2.45) is 0 Å². The maximum atomic E-state index is 13.5. The van der Waals surface area contributed by atoms with Crippen molar-refractivity contribution in [1.82, 2.24) is 5.32 Å². The Balaban J connectivity index is 1.87. The molecule has 112 valence electrons. The molecule has 0 bridgehead atoms. The van der Waals surface area contributed by atoms with Gasteiger partial charge in [0, 0.05) is 44.9 Å². The molecule has 1 aliphatic rings. The minimum absolute atomic E-state index is 0.0769. The third-order valence-electron chi connectivity index (χ3n) is 3.61. The van der Waals surface area contributed by atoms with Crippen molar-refractivity contribution in [3.8, 4) is 0 Å². The number of methoxy groups -OCH3 is 1. The topological polar surface area (TPSA) is 50.7 Å². The minimum atomic E-state index is -1.04. The predicted octanol–water partition coefficient (Wildman–Crippen LogP) is 1.39. The molecule has 0 aromatic heterocycles. The van der Waals surface area contributed by atoms with Gasteiger partial charge in [0.05, 0.1) is 12.7 Å². The predicted molar refractivity (Wildman–Crippen MR) is 69.4 cm³/mol.